The Bertz CT molecular complexity index is 881. The van der Waals surface area contributed by atoms with Crippen LogP contribution in [0.15, 0.2) is 42.5 Å². The van der Waals surface area contributed by atoms with Gasteiger partial charge in [0.15, 0.2) is 18.1 Å². The van der Waals surface area contributed by atoms with Gasteiger partial charge in [0.25, 0.3) is 5.91 Å². The van der Waals surface area contributed by atoms with Crippen molar-refractivity contribution < 1.29 is 37.0 Å². The van der Waals surface area contributed by atoms with E-state index in [-0.39, 0.29) is 5.56 Å². The highest BCUT2D eigenvalue weighted by atomic mass is 19.4. The summed E-state index contributed by atoms with van der Waals surface area (Å²) in [5, 5.41) is 2.61. The van der Waals surface area contributed by atoms with Crippen molar-refractivity contribution in [1.82, 2.24) is 5.32 Å². The van der Waals surface area contributed by atoms with Crippen molar-refractivity contribution in [3.63, 3.8) is 0 Å². The lowest BCUT2D eigenvalue weighted by Crippen LogP contribution is -2.30. The summed E-state index contributed by atoms with van der Waals surface area (Å²) in [5.41, 5.74) is 0.00399. The lowest BCUT2D eigenvalue weighted by Gasteiger charge is -2.18. The van der Waals surface area contributed by atoms with E-state index in [1.54, 1.807) is 6.07 Å². The van der Waals surface area contributed by atoms with Crippen LogP contribution in [0.2, 0.25) is 0 Å². The highest BCUT2D eigenvalue weighted by Gasteiger charge is 2.30. The molecule has 1 amide bonds. The zero-order valence-electron chi connectivity index (χ0n) is 15.3. The van der Waals surface area contributed by atoms with Gasteiger partial charge in [-0.1, -0.05) is 6.07 Å². The standard InChI is InChI=1S/C20H18F3NO5/c21-20(22,23)15-4-2-14(3-5-15)19(26)29-12-18(25)24-8-7-13-1-6-16-17(11-13)28-10-9-27-16/h1-6,11H,7-10,12H2,(H,24,25). The van der Waals surface area contributed by atoms with E-state index in [0.29, 0.717) is 37.7 Å². The van der Waals surface area contributed by atoms with Crippen LogP contribution in [0.5, 0.6) is 11.5 Å². The van der Waals surface area contributed by atoms with E-state index >= 15 is 0 Å². The van der Waals surface area contributed by atoms with Crippen molar-refractivity contribution in [2.75, 3.05) is 26.4 Å². The van der Waals surface area contributed by atoms with Crippen LogP contribution in [0, 0.1) is 0 Å². The number of rotatable bonds is 6. The number of hydrogen-bond donors (Lipinski definition) is 1. The van der Waals surface area contributed by atoms with Crippen LogP contribution in [0.25, 0.3) is 0 Å². The van der Waals surface area contributed by atoms with Gasteiger partial charge in [0.1, 0.15) is 13.2 Å². The molecule has 9 heteroatoms. The van der Waals surface area contributed by atoms with Crippen LogP contribution in [-0.2, 0) is 22.1 Å². The monoisotopic (exact) mass is 409 g/mol. The smallest absolute Gasteiger partial charge is 0.416 e. The summed E-state index contributed by atoms with van der Waals surface area (Å²) in [6, 6.07) is 9.08. The van der Waals surface area contributed by atoms with E-state index in [9.17, 15) is 22.8 Å². The lowest BCUT2D eigenvalue weighted by atomic mass is 10.1. The van der Waals surface area contributed by atoms with Crippen LogP contribution in [-0.4, -0.2) is 38.2 Å². The summed E-state index contributed by atoms with van der Waals surface area (Å²) in [6.07, 6.45) is -3.95. The quantitative estimate of drug-likeness (QED) is 0.743. The van der Waals surface area contributed by atoms with Gasteiger partial charge in [0.05, 0.1) is 11.1 Å². The Morgan fingerprint density at radius 2 is 1.69 bits per heavy atom. The molecule has 154 valence electrons. The maximum atomic E-state index is 12.5. The average Bonchev–Trinajstić information content (AvgIpc) is 2.71. The third kappa shape index (κ3) is 5.63. The summed E-state index contributed by atoms with van der Waals surface area (Å²) in [6.45, 7) is 0.780. The molecule has 1 aliphatic rings. The van der Waals surface area contributed by atoms with Crippen LogP contribution in [0.4, 0.5) is 13.2 Å². The van der Waals surface area contributed by atoms with Gasteiger partial charge in [-0.15, -0.1) is 0 Å². The number of fused-ring (bicyclic) bond motifs is 1. The molecule has 0 aromatic heterocycles. The van der Waals surface area contributed by atoms with Crippen molar-refractivity contribution >= 4 is 11.9 Å². The number of amides is 1. The summed E-state index contributed by atoms with van der Waals surface area (Å²) < 4.78 is 53.3. The molecule has 2 aromatic carbocycles. The van der Waals surface area contributed by atoms with Crippen molar-refractivity contribution in [3.8, 4) is 11.5 Å². The largest absolute Gasteiger partial charge is 0.486 e. The molecule has 0 unspecified atom stereocenters. The molecule has 6 nitrogen and oxygen atoms in total. The Hall–Kier alpha value is -3.23. The Balaban J connectivity index is 1.41. The van der Waals surface area contributed by atoms with Gasteiger partial charge >= 0.3 is 12.1 Å². The van der Waals surface area contributed by atoms with Gasteiger partial charge in [-0.2, -0.15) is 13.2 Å². The third-order valence-electron chi connectivity index (χ3n) is 4.12. The van der Waals surface area contributed by atoms with E-state index < -0.39 is 30.2 Å². The summed E-state index contributed by atoms with van der Waals surface area (Å²) >= 11 is 0. The second-order valence-electron chi connectivity index (χ2n) is 6.23. The van der Waals surface area contributed by atoms with Gasteiger partial charge < -0.3 is 19.5 Å². The molecule has 2 aromatic rings. The maximum absolute atomic E-state index is 12.5. The van der Waals surface area contributed by atoms with Crippen LogP contribution >= 0.6 is 0 Å². The molecule has 0 spiro atoms. The SMILES string of the molecule is O=C(COC(=O)c1ccc(C(F)(F)F)cc1)NCCc1ccc2c(c1)OCCO2. The van der Waals surface area contributed by atoms with Gasteiger partial charge in [-0.25, -0.2) is 4.79 Å². The number of carbonyl (C=O) groups excluding carboxylic acids is 2. The van der Waals surface area contributed by atoms with Crippen molar-refractivity contribution in [2.45, 2.75) is 12.6 Å². The van der Waals surface area contributed by atoms with Crippen LogP contribution < -0.4 is 14.8 Å². The molecule has 1 aliphatic heterocycles. The van der Waals surface area contributed by atoms with Crippen LogP contribution in [0.1, 0.15) is 21.5 Å². The molecule has 0 bridgehead atoms. The molecular weight excluding hydrogens is 391 g/mol. The number of ether oxygens (including phenoxy) is 3. The Morgan fingerprint density at radius 1 is 1.00 bits per heavy atom. The molecule has 0 aliphatic carbocycles. The highest BCUT2D eigenvalue weighted by molar-refractivity contribution is 5.91. The first kappa shape index (κ1) is 20.5. The molecule has 0 fully saturated rings. The number of esters is 1. The second kappa shape index (κ2) is 8.85. The fourth-order valence-corrected chi connectivity index (χ4v) is 2.65. The van der Waals surface area contributed by atoms with Gasteiger partial charge in [-0.05, 0) is 48.4 Å². The molecular formula is C20H18F3NO5. The van der Waals surface area contributed by atoms with E-state index in [4.69, 9.17) is 14.2 Å². The number of alkyl halides is 3. The number of halogens is 3. The number of nitrogens with one attached hydrogen (secondary N) is 1. The molecule has 1 N–H and O–H groups in total. The van der Waals surface area contributed by atoms with E-state index in [1.807, 2.05) is 12.1 Å². The molecule has 3 rings (SSSR count). The van der Waals surface area contributed by atoms with E-state index in [1.165, 1.54) is 0 Å². The van der Waals surface area contributed by atoms with Gasteiger partial charge in [0, 0.05) is 6.54 Å². The molecule has 0 saturated carbocycles. The first-order valence-corrected chi connectivity index (χ1v) is 8.82. The highest BCUT2D eigenvalue weighted by Crippen LogP contribution is 2.31. The molecule has 1 heterocycles. The van der Waals surface area contributed by atoms with E-state index in [0.717, 1.165) is 29.8 Å². The second-order valence-corrected chi connectivity index (χ2v) is 6.23. The lowest BCUT2D eigenvalue weighted by molar-refractivity contribution is -0.137. The minimum Gasteiger partial charge on any atom is -0.486 e. The van der Waals surface area contributed by atoms with Crippen molar-refractivity contribution in [3.05, 3.63) is 59.2 Å². The summed E-state index contributed by atoms with van der Waals surface area (Å²) in [4.78, 5) is 23.6. The van der Waals surface area contributed by atoms with Gasteiger partial charge in [-0.3, -0.25) is 4.79 Å². The number of hydrogen-bond acceptors (Lipinski definition) is 5. The minimum atomic E-state index is -4.49. The average molecular weight is 409 g/mol. The Kier molecular flexibility index (Phi) is 6.26. The zero-order valence-corrected chi connectivity index (χ0v) is 15.3. The first-order chi connectivity index (χ1) is 13.8. The fourth-order valence-electron chi connectivity index (χ4n) is 2.65. The summed E-state index contributed by atoms with van der Waals surface area (Å²) in [5.74, 6) is -0.0479. The molecule has 0 atom stereocenters. The van der Waals surface area contributed by atoms with Gasteiger partial charge in [0.2, 0.25) is 0 Å². The Labute approximate surface area is 164 Å². The predicted octanol–water partition coefficient (Wildman–Crippen LogP) is 2.99. The third-order valence-corrected chi connectivity index (χ3v) is 4.12. The normalized spacial score (nSPS) is 12.9. The maximum Gasteiger partial charge on any atom is 0.416 e. The minimum absolute atomic E-state index is 0.0675. The first-order valence-electron chi connectivity index (χ1n) is 8.82. The van der Waals surface area contributed by atoms with Crippen LogP contribution in [0.3, 0.4) is 0 Å². The number of benzene rings is 2. The Morgan fingerprint density at radius 3 is 2.38 bits per heavy atom. The zero-order chi connectivity index (χ0) is 20.9. The molecule has 29 heavy (non-hydrogen) atoms. The van der Waals surface area contributed by atoms with Crippen molar-refractivity contribution in [2.24, 2.45) is 0 Å². The number of carbonyl (C=O) groups is 2. The summed E-state index contributed by atoms with van der Waals surface area (Å²) in [7, 11) is 0. The molecule has 0 saturated heterocycles. The topological polar surface area (TPSA) is 73.9 Å². The van der Waals surface area contributed by atoms with Crippen molar-refractivity contribution in [1.29, 1.82) is 0 Å². The van der Waals surface area contributed by atoms with E-state index in [2.05, 4.69) is 5.32 Å². The fraction of sp³-hybridized carbons (Fsp3) is 0.300. The predicted molar refractivity (Wildman–Crippen MR) is 95.9 cm³/mol. The molecule has 0 radical (unpaired) electrons.